The van der Waals surface area contributed by atoms with Crippen molar-refractivity contribution >= 4 is 11.5 Å². The normalized spacial score (nSPS) is 12.6. The summed E-state index contributed by atoms with van der Waals surface area (Å²) >= 11 is 0. The molecule has 0 aliphatic rings. The molecule has 0 atom stereocenters. The molecule has 2 nitrogen and oxygen atoms in total. The summed E-state index contributed by atoms with van der Waals surface area (Å²) in [6.07, 6.45) is -2.51. The van der Waals surface area contributed by atoms with Gasteiger partial charge in [0.25, 0.3) is 0 Å². The molecule has 0 aromatic heterocycles. The fourth-order valence-electron chi connectivity index (χ4n) is 1.74. The van der Waals surface area contributed by atoms with E-state index in [4.69, 9.17) is 5.11 Å². The molecule has 0 amide bonds. The van der Waals surface area contributed by atoms with E-state index in [1.807, 2.05) is 0 Å². The molecular formula is C13H13F3O2. The average molecular weight is 258 g/mol. The zero-order valence-corrected chi connectivity index (χ0v) is 10.0. The van der Waals surface area contributed by atoms with Crippen LogP contribution in [0.5, 0.6) is 0 Å². The lowest BCUT2D eigenvalue weighted by Gasteiger charge is -2.15. The van der Waals surface area contributed by atoms with Crippen molar-refractivity contribution in [2.75, 3.05) is 0 Å². The van der Waals surface area contributed by atoms with Crippen molar-refractivity contribution < 1.29 is 23.1 Å². The van der Waals surface area contributed by atoms with E-state index < -0.39 is 17.7 Å². The summed E-state index contributed by atoms with van der Waals surface area (Å²) in [7, 11) is 0. The van der Waals surface area contributed by atoms with Gasteiger partial charge in [0.2, 0.25) is 0 Å². The zero-order valence-electron chi connectivity index (χ0n) is 10.0. The Morgan fingerprint density at radius 3 is 2.39 bits per heavy atom. The van der Waals surface area contributed by atoms with Crippen LogP contribution in [-0.2, 0) is 6.18 Å². The standard InChI is InChI=1S/C13H13F3O2/c1-3-8(4-2)10-6-5-9(12(17)18)7-11(10)13(14,15)16/h3,5-7H,4H2,1-2H3,(H,17,18)/b8-3+. The van der Waals surface area contributed by atoms with Crippen LogP contribution in [0.2, 0.25) is 0 Å². The SMILES string of the molecule is C/C=C(\CC)c1ccc(C(=O)O)cc1C(F)(F)F. The lowest BCUT2D eigenvalue weighted by atomic mass is 9.95. The molecule has 1 aromatic carbocycles. The highest BCUT2D eigenvalue weighted by Crippen LogP contribution is 2.36. The van der Waals surface area contributed by atoms with Crippen molar-refractivity contribution in [3.63, 3.8) is 0 Å². The van der Waals surface area contributed by atoms with Crippen LogP contribution in [0.25, 0.3) is 5.57 Å². The number of halogens is 3. The second kappa shape index (κ2) is 5.25. The minimum Gasteiger partial charge on any atom is -0.478 e. The predicted octanol–water partition coefficient (Wildman–Crippen LogP) is 4.22. The lowest BCUT2D eigenvalue weighted by molar-refractivity contribution is -0.137. The molecular weight excluding hydrogens is 245 g/mol. The smallest absolute Gasteiger partial charge is 0.417 e. The van der Waals surface area contributed by atoms with Crippen LogP contribution in [0.4, 0.5) is 13.2 Å². The summed E-state index contributed by atoms with van der Waals surface area (Å²) < 4.78 is 38.7. The Labute approximate surface area is 103 Å². The minimum absolute atomic E-state index is 0.0394. The van der Waals surface area contributed by atoms with Gasteiger partial charge >= 0.3 is 12.1 Å². The molecule has 1 N–H and O–H groups in total. The Balaban J connectivity index is 3.49. The molecule has 1 aromatic rings. The first kappa shape index (κ1) is 14.3. The molecule has 0 spiro atoms. The topological polar surface area (TPSA) is 37.3 Å². The van der Waals surface area contributed by atoms with Crippen molar-refractivity contribution in [2.45, 2.75) is 26.4 Å². The number of alkyl halides is 3. The van der Waals surface area contributed by atoms with E-state index in [1.165, 1.54) is 12.1 Å². The van der Waals surface area contributed by atoms with Gasteiger partial charge in [-0.25, -0.2) is 4.79 Å². The molecule has 98 valence electrons. The van der Waals surface area contributed by atoms with Gasteiger partial charge in [-0.3, -0.25) is 0 Å². The van der Waals surface area contributed by atoms with E-state index in [2.05, 4.69) is 0 Å². The van der Waals surface area contributed by atoms with Gasteiger partial charge < -0.3 is 5.11 Å². The van der Waals surface area contributed by atoms with Crippen LogP contribution in [0.15, 0.2) is 24.3 Å². The van der Waals surface area contributed by atoms with Crippen molar-refractivity contribution in [3.8, 4) is 0 Å². The molecule has 0 unspecified atom stereocenters. The fourth-order valence-corrected chi connectivity index (χ4v) is 1.74. The molecule has 0 saturated carbocycles. The van der Waals surface area contributed by atoms with Crippen LogP contribution in [0.3, 0.4) is 0 Å². The van der Waals surface area contributed by atoms with Gasteiger partial charge in [-0.05, 0) is 36.6 Å². The highest BCUT2D eigenvalue weighted by Gasteiger charge is 2.34. The Hall–Kier alpha value is -1.78. The first-order valence-electron chi connectivity index (χ1n) is 5.41. The van der Waals surface area contributed by atoms with Gasteiger partial charge in [0.1, 0.15) is 0 Å². The Bertz CT molecular complexity index is 487. The third kappa shape index (κ3) is 2.91. The number of carboxylic acids is 1. The first-order valence-corrected chi connectivity index (χ1v) is 5.41. The quantitative estimate of drug-likeness (QED) is 0.881. The number of hydrogen-bond acceptors (Lipinski definition) is 1. The molecule has 1 rings (SSSR count). The van der Waals surface area contributed by atoms with E-state index in [0.717, 1.165) is 0 Å². The molecule has 0 radical (unpaired) electrons. The number of allylic oxidation sites excluding steroid dienone is 2. The summed E-state index contributed by atoms with van der Waals surface area (Å²) in [5, 5.41) is 8.74. The highest BCUT2D eigenvalue weighted by atomic mass is 19.4. The second-order valence-corrected chi connectivity index (χ2v) is 3.73. The van der Waals surface area contributed by atoms with E-state index in [9.17, 15) is 18.0 Å². The number of carboxylic acid groups (broad SMARTS) is 1. The second-order valence-electron chi connectivity index (χ2n) is 3.73. The molecule has 0 aliphatic heterocycles. The largest absolute Gasteiger partial charge is 0.478 e. The first-order chi connectivity index (χ1) is 8.31. The summed E-state index contributed by atoms with van der Waals surface area (Å²) in [5.41, 5.74) is -0.688. The van der Waals surface area contributed by atoms with Gasteiger partial charge in [0.05, 0.1) is 11.1 Å². The average Bonchev–Trinajstić information content (AvgIpc) is 2.29. The monoisotopic (exact) mass is 258 g/mol. The van der Waals surface area contributed by atoms with Crippen molar-refractivity contribution in [2.24, 2.45) is 0 Å². The molecule has 0 saturated heterocycles. The summed E-state index contributed by atoms with van der Waals surface area (Å²) in [6, 6.07) is 3.08. The molecule has 0 heterocycles. The van der Waals surface area contributed by atoms with Gasteiger partial charge in [0.15, 0.2) is 0 Å². The van der Waals surface area contributed by atoms with Crippen LogP contribution >= 0.6 is 0 Å². The van der Waals surface area contributed by atoms with Crippen molar-refractivity contribution in [1.82, 2.24) is 0 Å². The minimum atomic E-state index is -4.57. The Morgan fingerprint density at radius 2 is 2.00 bits per heavy atom. The van der Waals surface area contributed by atoms with Crippen LogP contribution in [-0.4, -0.2) is 11.1 Å². The predicted molar refractivity (Wildman–Crippen MR) is 62.3 cm³/mol. The highest BCUT2D eigenvalue weighted by molar-refractivity contribution is 5.88. The molecule has 0 fully saturated rings. The zero-order chi connectivity index (χ0) is 13.9. The molecule has 18 heavy (non-hydrogen) atoms. The van der Waals surface area contributed by atoms with E-state index >= 15 is 0 Å². The maximum atomic E-state index is 12.9. The summed E-state index contributed by atoms with van der Waals surface area (Å²) in [6.45, 7) is 3.41. The van der Waals surface area contributed by atoms with E-state index in [-0.39, 0.29) is 11.1 Å². The lowest BCUT2D eigenvalue weighted by Crippen LogP contribution is -2.11. The third-order valence-corrected chi connectivity index (χ3v) is 2.65. The van der Waals surface area contributed by atoms with Gasteiger partial charge in [-0.15, -0.1) is 0 Å². The van der Waals surface area contributed by atoms with E-state index in [1.54, 1.807) is 19.9 Å². The van der Waals surface area contributed by atoms with Crippen LogP contribution in [0.1, 0.15) is 41.8 Å². The van der Waals surface area contributed by atoms with E-state index in [0.29, 0.717) is 18.1 Å². The molecule has 0 aliphatic carbocycles. The van der Waals surface area contributed by atoms with Crippen molar-refractivity contribution in [3.05, 3.63) is 41.0 Å². The van der Waals surface area contributed by atoms with Gasteiger partial charge in [0, 0.05) is 0 Å². The summed E-state index contributed by atoms with van der Waals surface area (Å²) in [5.74, 6) is -1.37. The van der Waals surface area contributed by atoms with Gasteiger partial charge in [-0.1, -0.05) is 19.1 Å². The maximum Gasteiger partial charge on any atom is 0.417 e. The Morgan fingerprint density at radius 1 is 1.39 bits per heavy atom. The van der Waals surface area contributed by atoms with Gasteiger partial charge in [-0.2, -0.15) is 13.2 Å². The van der Waals surface area contributed by atoms with Crippen LogP contribution < -0.4 is 0 Å². The van der Waals surface area contributed by atoms with Crippen LogP contribution in [0, 0.1) is 0 Å². The molecule has 0 bridgehead atoms. The third-order valence-electron chi connectivity index (χ3n) is 2.65. The maximum absolute atomic E-state index is 12.9. The Kier molecular flexibility index (Phi) is 4.16. The number of hydrogen-bond donors (Lipinski definition) is 1. The molecule has 5 heteroatoms. The summed E-state index contributed by atoms with van der Waals surface area (Å²) in [4.78, 5) is 10.7. The fraction of sp³-hybridized carbons (Fsp3) is 0.308. The number of carbonyl (C=O) groups is 1. The number of benzene rings is 1. The number of rotatable bonds is 3. The number of aromatic carboxylic acids is 1. The van der Waals surface area contributed by atoms with Crippen molar-refractivity contribution in [1.29, 1.82) is 0 Å².